The normalized spacial score (nSPS) is 26.0. The van der Waals surface area contributed by atoms with Gasteiger partial charge in [-0.15, -0.1) is 0 Å². The second kappa shape index (κ2) is 11.0. The highest BCUT2D eigenvalue weighted by Crippen LogP contribution is 2.33. The molecule has 0 aromatic carbocycles. The Labute approximate surface area is 130 Å². The zero-order valence-corrected chi connectivity index (χ0v) is 14.0. The van der Waals surface area contributed by atoms with E-state index >= 15 is 0 Å². The van der Waals surface area contributed by atoms with Crippen LogP contribution >= 0.6 is 0 Å². The van der Waals surface area contributed by atoms with Crippen LogP contribution in [0, 0.1) is 23.2 Å². The highest BCUT2D eigenvalue weighted by Gasteiger charge is 2.33. The van der Waals surface area contributed by atoms with Gasteiger partial charge in [-0.25, -0.2) is 0 Å². The molecule has 1 rings (SSSR count). The van der Waals surface area contributed by atoms with E-state index in [0.717, 1.165) is 58.3 Å². The summed E-state index contributed by atoms with van der Waals surface area (Å²) in [5.74, 6) is 0.928. The fourth-order valence-corrected chi connectivity index (χ4v) is 3.25. The molecule has 0 aromatic heterocycles. The minimum atomic E-state index is 0.163. The predicted molar refractivity (Wildman–Crippen MR) is 85.1 cm³/mol. The predicted octanol–water partition coefficient (Wildman–Crippen LogP) is 3.08. The van der Waals surface area contributed by atoms with Crippen molar-refractivity contribution in [2.45, 2.75) is 52.5 Å². The third kappa shape index (κ3) is 6.34. The van der Waals surface area contributed by atoms with Gasteiger partial charge in [-0.1, -0.05) is 13.3 Å². The van der Waals surface area contributed by atoms with Crippen molar-refractivity contribution in [2.75, 3.05) is 39.5 Å². The Balaban J connectivity index is 2.63. The van der Waals surface area contributed by atoms with E-state index in [1.807, 2.05) is 13.8 Å². The molecule has 0 bridgehead atoms. The van der Waals surface area contributed by atoms with Gasteiger partial charge in [0.2, 0.25) is 0 Å². The first-order chi connectivity index (χ1) is 10.3. The van der Waals surface area contributed by atoms with Gasteiger partial charge in [0.05, 0.1) is 25.2 Å². The molecule has 0 N–H and O–H groups in total. The molecule has 0 heterocycles. The first kappa shape index (κ1) is 18.4. The summed E-state index contributed by atoms with van der Waals surface area (Å²) in [5, 5.41) is 9.47. The third-order valence-corrected chi connectivity index (χ3v) is 4.59. The van der Waals surface area contributed by atoms with Crippen LogP contribution in [0.15, 0.2) is 0 Å². The second-order valence-electron chi connectivity index (χ2n) is 5.82. The molecule has 0 aromatic rings. The summed E-state index contributed by atoms with van der Waals surface area (Å²) in [5.41, 5.74) is 0. The average molecular weight is 296 g/mol. The fraction of sp³-hybridized carbons (Fsp3) is 0.941. The third-order valence-electron chi connectivity index (χ3n) is 4.59. The zero-order chi connectivity index (χ0) is 15.5. The lowest BCUT2D eigenvalue weighted by molar-refractivity contribution is 0.0333. The first-order valence-corrected chi connectivity index (χ1v) is 8.55. The van der Waals surface area contributed by atoms with E-state index in [9.17, 15) is 5.26 Å². The summed E-state index contributed by atoms with van der Waals surface area (Å²) >= 11 is 0. The highest BCUT2D eigenvalue weighted by molar-refractivity contribution is 4.97. The van der Waals surface area contributed by atoms with Crippen LogP contribution in [0.5, 0.6) is 0 Å². The van der Waals surface area contributed by atoms with Crippen LogP contribution in [0.25, 0.3) is 0 Å². The Kier molecular flexibility index (Phi) is 9.65. The molecule has 0 amide bonds. The molecule has 1 saturated carbocycles. The fourth-order valence-electron chi connectivity index (χ4n) is 3.25. The molecule has 1 fully saturated rings. The van der Waals surface area contributed by atoms with Gasteiger partial charge in [-0.2, -0.15) is 5.26 Å². The van der Waals surface area contributed by atoms with Crippen molar-refractivity contribution in [3.8, 4) is 6.07 Å². The van der Waals surface area contributed by atoms with Gasteiger partial charge in [0.1, 0.15) is 0 Å². The number of hydrogen-bond acceptors (Lipinski definition) is 4. The van der Waals surface area contributed by atoms with Crippen molar-refractivity contribution >= 4 is 0 Å². The van der Waals surface area contributed by atoms with Crippen LogP contribution in [-0.4, -0.2) is 50.5 Å². The standard InChI is InChI=1S/C17H32N2O2/c1-4-15-7-8-16(14-18)17(13-15)19(9-11-20-5-2)10-12-21-6-3/h15-17H,4-13H2,1-3H3. The first-order valence-electron chi connectivity index (χ1n) is 8.55. The Morgan fingerprint density at radius 2 is 1.67 bits per heavy atom. The summed E-state index contributed by atoms with van der Waals surface area (Å²) in [4.78, 5) is 2.43. The Morgan fingerprint density at radius 3 is 2.14 bits per heavy atom. The van der Waals surface area contributed by atoms with Gasteiger partial charge in [0.25, 0.3) is 0 Å². The zero-order valence-electron chi connectivity index (χ0n) is 14.0. The van der Waals surface area contributed by atoms with Crippen molar-refractivity contribution in [3.63, 3.8) is 0 Å². The topological polar surface area (TPSA) is 45.5 Å². The van der Waals surface area contributed by atoms with Crippen LogP contribution in [0.2, 0.25) is 0 Å². The molecule has 0 aliphatic heterocycles. The Hall–Kier alpha value is -0.630. The van der Waals surface area contributed by atoms with Crippen molar-refractivity contribution < 1.29 is 9.47 Å². The van der Waals surface area contributed by atoms with Crippen LogP contribution in [0.4, 0.5) is 0 Å². The molecule has 1 aliphatic rings. The maximum Gasteiger partial charge on any atom is 0.0672 e. The minimum Gasteiger partial charge on any atom is -0.380 e. The number of rotatable bonds is 10. The van der Waals surface area contributed by atoms with Gasteiger partial charge in [0, 0.05) is 32.3 Å². The SMILES string of the molecule is CCOCCN(CCOCC)C1CC(CC)CCC1C#N. The monoisotopic (exact) mass is 296 g/mol. The largest absolute Gasteiger partial charge is 0.380 e. The number of nitrogens with zero attached hydrogens (tertiary/aromatic N) is 2. The molecule has 3 unspecified atom stereocenters. The van der Waals surface area contributed by atoms with E-state index in [1.165, 1.54) is 12.8 Å². The molecule has 4 nitrogen and oxygen atoms in total. The summed E-state index contributed by atoms with van der Waals surface area (Å²) in [6.45, 7) is 11.1. The van der Waals surface area contributed by atoms with E-state index in [4.69, 9.17) is 9.47 Å². The van der Waals surface area contributed by atoms with Gasteiger partial charge in [-0.3, -0.25) is 4.90 Å². The lowest BCUT2D eigenvalue weighted by Crippen LogP contribution is -2.47. The summed E-state index contributed by atoms with van der Waals surface area (Å²) in [7, 11) is 0. The highest BCUT2D eigenvalue weighted by atomic mass is 16.5. The molecular formula is C17H32N2O2. The van der Waals surface area contributed by atoms with E-state index in [0.29, 0.717) is 6.04 Å². The molecule has 3 atom stereocenters. The lowest BCUT2D eigenvalue weighted by Gasteiger charge is -2.40. The van der Waals surface area contributed by atoms with Gasteiger partial charge in [0.15, 0.2) is 0 Å². The Morgan fingerprint density at radius 1 is 1.05 bits per heavy atom. The smallest absolute Gasteiger partial charge is 0.0672 e. The van der Waals surface area contributed by atoms with Crippen molar-refractivity contribution in [3.05, 3.63) is 0 Å². The maximum absolute atomic E-state index is 9.47. The van der Waals surface area contributed by atoms with Crippen molar-refractivity contribution in [2.24, 2.45) is 11.8 Å². The molecule has 21 heavy (non-hydrogen) atoms. The van der Waals surface area contributed by atoms with E-state index in [-0.39, 0.29) is 5.92 Å². The van der Waals surface area contributed by atoms with Crippen LogP contribution in [-0.2, 0) is 9.47 Å². The van der Waals surface area contributed by atoms with Crippen LogP contribution in [0.3, 0.4) is 0 Å². The molecule has 0 saturated heterocycles. The quantitative estimate of drug-likeness (QED) is 0.581. The van der Waals surface area contributed by atoms with Gasteiger partial charge < -0.3 is 9.47 Å². The molecular weight excluding hydrogens is 264 g/mol. The van der Waals surface area contributed by atoms with Gasteiger partial charge >= 0.3 is 0 Å². The minimum absolute atomic E-state index is 0.163. The number of ether oxygens (including phenoxy) is 2. The van der Waals surface area contributed by atoms with E-state index in [2.05, 4.69) is 17.9 Å². The number of nitriles is 1. The summed E-state index contributed by atoms with van der Waals surface area (Å²) in [6.07, 6.45) is 4.61. The summed E-state index contributed by atoms with van der Waals surface area (Å²) in [6, 6.07) is 2.91. The van der Waals surface area contributed by atoms with E-state index in [1.54, 1.807) is 0 Å². The molecule has 0 radical (unpaired) electrons. The van der Waals surface area contributed by atoms with Crippen molar-refractivity contribution in [1.29, 1.82) is 5.26 Å². The maximum atomic E-state index is 9.47. The Bertz CT molecular complexity index is 294. The van der Waals surface area contributed by atoms with E-state index < -0.39 is 0 Å². The molecule has 4 heteroatoms. The van der Waals surface area contributed by atoms with Crippen LogP contribution < -0.4 is 0 Å². The average Bonchev–Trinajstić information content (AvgIpc) is 2.53. The summed E-state index contributed by atoms with van der Waals surface area (Å²) < 4.78 is 11.0. The number of hydrogen-bond donors (Lipinski definition) is 0. The molecule has 1 aliphatic carbocycles. The molecule has 122 valence electrons. The van der Waals surface area contributed by atoms with Crippen LogP contribution in [0.1, 0.15) is 46.5 Å². The second-order valence-corrected chi connectivity index (χ2v) is 5.82. The van der Waals surface area contributed by atoms with Crippen molar-refractivity contribution in [1.82, 2.24) is 4.90 Å². The lowest BCUT2D eigenvalue weighted by atomic mass is 9.77. The van der Waals surface area contributed by atoms with Gasteiger partial charge in [-0.05, 0) is 39.0 Å². The molecule has 0 spiro atoms.